The number of hydrogen-bond donors (Lipinski definition) is 8. The Labute approximate surface area is 354 Å². The van der Waals surface area contributed by atoms with Crippen LogP contribution >= 0.6 is 0 Å². The number of Topliss-reactive ketones (excluding diaryl/α,β-unsaturated/α-hetero) is 2. The summed E-state index contributed by atoms with van der Waals surface area (Å²) in [6.07, 6.45) is 4.92. The van der Waals surface area contributed by atoms with E-state index in [4.69, 9.17) is 9.47 Å². The van der Waals surface area contributed by atoms with Crippen molar-refractivity contribution in [2.24, 2.45) is 20.4 Å². The first-order valence-electron chi connectivity index (χ1n) is 16.6. The first-order chi connectivity index (χ1) is 29.2. The Morgan fingerprint density at radius 1 is 0.635 bits per heavy atom. The molecule has 0 radical (unpaired) electrons. The maximum Gasteiger partial charge on any atom is 0.296 e. The zero-order chi connectivity index (χ0) is 46.6. The normalized spacial score (nSPS) is 18.2. The van der Waals surface area contributed by atoms with Crippen LogP contribution in [0, 0.1) is 0 Å². The number of ketones is 2. The van der Waals surface area contributed by atoms with Gasteiger partial charge in [-0.2, -0.15) is 38.8 Å². The smallest absolute Gasteiger partial charge is 0.296 e. The Kier molecular flexibility index (Phi) is 11.9. The van der Waals surface area contributed by atoms with Crippen LogP contribution in [0.25, 0.3) is 12.2 Å². The second kappa shape index (κ2) is 16.4. The largest absolute Gasteiger partial charge is 0.507 e. The van der Waals surface area contributed by atoms with E-state index >= 15 is 0 Å². The number of nitrogens with zero attached hydrogens (tertiary/aromatic N) is 5. The monoisotopic (exact) mass is 950 g/mol. The fourth-order valence-corrected chi connectivity index (χ4v) is 8.22. The summed E-state index contributed by atoms with van der Waals surface area (Å²) in [5, 5.41) is 47.3. The molecule has 6 rings (SSSR count). The molecule has 3 aliphatic carbocycles. The van der Waals surface area contributed by atoms with Crippen LogP contribution in [0.15, 0.2) is 106 Å². The fourth-order valence-electron chi connectivity index (χ4n) is 5.83. The standard InChI is InChI=1S/C34H26N6O19S4/c1-58-25-11-17(3-5-21(25)35-37-31-27(62(52,53)54)9-15-7-19(60(46,47)48)13-23(41)29(15)33(31)43)39-40(45)18-4-6-22(26(12-18)59-2)36-38-32-28(63(55,56)57)10-16-8-20(61(49,50)51)14-24(42)30(16)34(32)44/h3-14,36,41-42,45H,1-2H3,(H,46,47,48)(H,49,50,51)(H,52,53,54)(H,55,56,57)/b35-21+,37-31-,38-32+,39-17+. The third-order valence-electron chi connectivity index (χ3n) is 8.65. The van der Waals surface area contributed by atoms with Crippen molar-refractivity contribution in [1.82, 2.24) is 0 Å². The molecule has 0 aliphatic heterocycles. The minimum absolute atomic E-state index is 0.0261. The van der Waals surface area contributed by atoms with Crippen LogP contribution < -0.4 is 15.3 Å². The summed E-state index contributed by atoms with van der Waals surface area (Å²) < 4.78 is 144. The van der Waals surface area contributed by atoms with Gasteiger partial charge in [-0.25, -0.2) is 0 Å². The van der Waals surface area contributed by atoms with E-state index in [9.17, 15) is 76.9 Å². The van der Waals surface area contributed by atoms with Gasteiger partial charge in [0.15, 0.2) is 11.4 Å². The van der Waals surface area contributed by atoms with Crippen molar-refractivity contribution in [1.29, 1.82) is 0 Å². The molecule has 8 N–H and O–H groups in total. The molecule has 0 spiro atoms. The Bertz CT molecular complexity index is 3290. The minimum atomic E-state index is -5.24. The number of allylic oxidation sites excluding steroid dienone is 5. The molecular formula is C34H26N6O19S4. The van der Waals surface area contributed by atoms with Gasteiger partial charge in [0, 0.05) is 24.3 Å². The molecule has 3 aliphatic rings. The molecule has 330 valence electrons. The molecule has 3 aromatic rings. The number of fused-ring (bicyclic) bond motifs is 2. The van der Waals surface area contributed by atoms with Crippen LogP contribution in [0.3, 0.4) is 0 Å². The predicted molar refractivity (Wildman–Crippen MR) is 218 cm³/mol. The third kappa shape index (κ3) is 9.30. The molecule has 0 fully saturated rings. The molecule has 0 bridgehead atoms. The average Bonchev–Trinajstić information content (AvgIpc) is 3.18. The number of benzene rings is 3. The number of phenols is 2. The second-order valence-electron chi connectivity index (χ2n) is 12.6. The molecule has 3 aromatic carbocycles. The van der Waals surface area contributed by atoms with E-state index in [1.165, 1.54) is 50.6 Å². The van der Waals surface area contributed by atoms with Crippen LogP contribution in [0.4, 0.5) is 11.4 Å². The van der Waals surface area contributed by atoms with Crippen LogP contribution in [0.2, 0.25) is 0 Å². The van der Waals surface area contributed by atoms with Gasteiger partial charge in [-0.1, -0.05) is 0 Å². The maximum absolute atomic E-state index is 13.3. The minimum Gasteiger partial charge on any atom is -0.507 e. The average molecular weight is 951 g/mol. The lowest BCUT2D eigenvalue weighted by Gasteiger charge is -2.19. The number of hydrogen-bond acceptors (Lipinski definition) is 21. The second-order valence-corrected chi connectivity index (χ2v) is 18.3. The Morgan fingerprint density at radius 2 is 1.16 bits per heavy atom. The Morgan fingerprint density at radius 3 is 1.65 bits per heavy atom. The SMILES string of the molecule is COC1=CC(=N/N(O)c2ccc(N/N=C3/C(=O)c4c(O)cc(S(=O)(=O)O)cc4C=C3S(=O)(=O)O)c(OC)c2)/C=CC/1=N\N=C1/C(=O)c2c(O)cc(S(=O)(=O)O)cc2C=C1S(=O)(=O)O. The highest BCUT2D eigenvalue weighted by Crippen LogP contribution is 2.36. The molecule has 25 nitrogen and oxygen atoms in total. The van der Waals surface area contributed by atoms with Gasteiger partial charge in [-0.05, 0) is 59.7 Å². The van der Waals surface area contributed by atoms with Crippen molar-refractivity contribution in [2.45, 2.75) is 9.79 Å². The van der Waals surface area contributed by atoms with Gasteiger partial charge in [0.25, 0.3) is 40.5 Å². The van der Waals surface area contributed by atoms with E-state index in [1.54, 1.807) is 0 Å². The number of anilines is 2. The topological polar surface area (TPSA) is 395 Å². The summed E-state index contributed by atoms with van der Waals surface area (Å²) in [6, 6.07) is 6.08. The first kappa shape index (κ1) is 45.6. The molecule has 0 heterocycles. The summed E-state index contributed by atoms with van der Waals surface area (Å²) in [4.78, 5) is 22.6. The van der Waals surface area contributed by atoms with Crippen LogP contribution in [-0.4, -0.2) is 116 Å². The molecule has 0 aromatic heterocycles. The number of rotatable bonds is 11. The highest BCUT2D eigenvalue weighted by Gasteiger charge is 2.37. The molecule has 0 unspecified atom stereocenters. The van der Waals surface area contributed by atoms with E-state index in [2.05, 4.69) is 25.8 Å². The summed E-state index contributed by atoms with van der Waals surface area (Å²) in [5.74, 6) is -4.76. The number of phenolic OH excluding ortho intramolecular Hbond substituents is 2. The van der Waals surface area contributed by atoms with Gasteiger partial charge in [0.2, 0.25) is 11.6 Å². The summed E-state index contributed by atoms with van der Waals surface area (Å²) in [6.45, 7) is 0. The first-order valence-corrected chi connectivity index (χ1v) is 22.4. The molecule has 0 saturated carbocycles. The van der Waals surface area contributed by atoms with Gasteiger partial charge < -0.3 is 19.7 Å². The van der Waals surface area contributed by atoms with Gasteiger partial charge in [0.1, 0.15) is 38.5 Å². The number of ether oxygens (including phenoxy) is 2. The number of aromatic hydroxyl groups is 2. The number of nitrogens with one attached hydrogen (secondary N) is 1. The molecule has 29 heteroatoms. The fraction of sp³-hybridized carbons (Fsp3) is 0.0588. The zero-order valence-corrected chi connectivity index (χ0v) is 34.6. The summed E-state index contributed by atoms with van der Waals surface area (Å²) in [7, 11) is -18.0. The van der Waals surface area contributed by atoms with E-state index in [1.807, 2.05) is 0 Å². The van der Waals surface area contributed by atoms with Crippen LogP contribution in [0.5, 0.6) is 17.2 Å². The van der Waals surface area contributed by atoms with Gasteiger partial charge >= 0.3 is 0 Å². The lowest BCUT2D eigenvalue weighted by Crippen LogP contribution is -2.27. The predicted octanol–water partition coefficient (Wildman–Crippen LogP) is 2.07. The number of methoxy groups -OCH3 is 2. The lowest BCUT2D eigenvalue weighted by atomic mass is 9.94. The van der Waals surface area contributed by atoms with Gasteiger partial charge in [0.05, 0.1) is 52.2 Å². The maximum atomic E-state index is 13.3. The van der Waals surface area contributed by atoms with Crippen LogP contribution in [-0.2, 0) is 45.2 Å². The Hall–Kier alpha value is -6.96. The molecular weight excluding hydrogens is 925 g/mol. The van der Waals surface area contributed by atoms with E-state index < -0.39 is 117 Å². The van der Waals surface area contributed by atoms with Crippen LogP contribution in [0.1, 0.15) is 31.8 Å². The lowest BCUT2D eigenvalue weighted by molar-refractivity contribution is 0.105. The van der Waals surface area contributed by atoms with E-state index in [0.717, 1.165) is 0 Å². The molecule has 63 heavy (non-hydrogen) atoms. The highest BCUT2D eigenvalue weighted by atomic mass is 32.2. The van der Waals surface area contributed by atoms with Crippen molar-refractivity contribution in [2.75, 3.05) is 24.8 Å². The summed E-state index contributed by atoms with van der Waals surface area (Å²) >= 11 is 0. The number of carbonyl (C=O) groups excluding carboxylic acids is 2. The zero-order valence-electron chi connectivity index (χ0n) is 31.3. The van der Waals surface area contributed by atoms with Crippen molar-refractivity contribution in [3.05, 3.63) is 98.5 Å². The van der Waals surface area contributed by atoms with Gasteiger partial charge in [-0.15, -0.1) is 20.5 Å². The molecule has 0 amide bonds. The molecule has 0 saturated heterocycles. The molecule has 0 atom stereocenters. The highest BCUT2D eigenvalue weighted by molar-refractivity contribution is 7.91. The number of carbonyl (C=O) groups is 2. The summed E-state index contributed by atoms with van der Waals surface area (Å²) in [5.41, 5.74) is -2.15. The number of hydrazone groups is 2. The van der Waals surface area contributed by atoms with E-state index in [-0.39, 0.29) is 34.3 Å². The van der Waals surface area contributed by atoms with Crippen molar-refractivity contribution in [3.63, 3.8) is 0 Å². The quantitative estimate of drug-likeness (QED) is 0.0774. The van der Waals surface area contributed by atoms with Crippen molar-refractivity contribution in [3.8, 4) is 17.2 Å². The third-order valence-corrected chi connectivity index (χ3v) is 12.1. The van der Waals surface area contributed by atoms with E-state index in [0.29, 0.717) is 41.6 Å². The van der Waals surface area contributed by atoms with Crippen molar-refractivity contribution < 1.29 is 86.4 Å². The van der Waals surface area contributed by atoms with Gasteiger partial charge in [-0.3, -0.25) is 38.4 Å². The van der Waals surface area contributed by atoms with Crippen molar-refractivity contribution >= 4 is 98.4 Å². The Balaban J connectivity index is 1.27.